The van der Waals surface area contributed by atoms with Crippen LogP contribution in [0.4, 0.5) is 0 Å². The smallest absolute Gasteiger partial charge is 0.326 e. The number of aliphatic hydroxyl groups excluding tert-OH is 1. The maximum Gasteiger partial charge on any atom is 0.326 e. The summed E-state index contributed by atoms with van der Waals surface area (Å²) in [6.45, 7) is 2.09. The van der Waals surface area contributed by atoms with E-state index in [0.29, 0.717) is 0 Å². The first-order chi connectivity index (χ1) is 8.44. The predicted octanol–water partition coefficient (Wildman–Crippen LogP) is 1.00. The third-order valence-electron chi connectivity index (χ3n) is 4.30. The lowest BCUT2D eigenvalue weighted by Crippen LogP contribution is -2.48. The van der Waals surface area contributed by atoms with Gasteiger partial charge in [0, 0.05) is 18.4 Å². The van der Waals surface area contributed by atoms with E-state index in [0.717, 1.165) is 32.1 Å². The van der Waals surface area contributed by atoms with Crippen LogP contribution in [0.2, 0.25) is 0 Å². The molecule has 2 fully saturated rings. The largest absolute Gasteiger partial charge is 0.480 e. The average Bonchev–Trinajstić information content (AvgIpc) is 2.71. The van der Waals surface area contributed by atoms with E-state index in [2.05, 4.69) is 0 Å². The number of carboxylic acid groups (broad SMARTS) is 1. The van der Waals surface area contributed by atoms with Crippen LogP contribution in [-0.4, -0.2) is 45.7 Å². The minimum absolute atomic E-state index is 0.0915. The van der Waals surface area contributed by atoms with Crippen molar-refractivity contribution in [2.75, 3.05) is 6.54 Å². The van der Waals surface area contributed by atoms with Gasteiger partial charge in [-0.15, -0.1) is 0 Å². The van der Waals surface area contributed by atoms with Crippen LogP contribution in [0.5, 0.6) is 0 Å². The first kappa shape index (κ1) is 13.3. The second kappa shape index (κ2) is 4.88. The first-order valence-electron chi connectivity index (χ1n) is 6.66. The lowest BCUT2D eigenvalue weighted by Gasteiger charge is -2.36. The highest BCUT2D eigenvalue weighted by Gasteiger charge is 2.45. The van der Waals surface area contributed by atoms with Crippen molar-refractivity contribution in [2.24, 2.45) is 5.41 Å². The molecule has 0 aromatic carbocycles. The molecule has 2 aliphatic rings. The standard InChI is InChI=1S/C13H21NO4/c1-13(5-3-2-4-6-13)12(18)14-8-9(15)7-10(14)11(16)17/h9-10,15H,2-8H2,1H3,(H,16,17)/t9-,10-/m0/s1. The van der Waals surface area contributed by atoms with E-state index in [-0.39, 0.29) is 18.9 Å². The molecule has 2 N–H and O–H groups in total. The molecule has 0 aromatic heterocycles. The molecule has 0 bridgehead atoms. The Morgan fingerprint density at radius 3 is 2.39 bits per heavy atom. The Bertz CT molecular complexity index is 349. The molecule has 1 aliphatic carbocycles. The number of nitrogens with zero attached hydrogens (tertiary/aromatic N) is 1. The van der Waals surface area contributed by atoms with Crippen molar-refractivity contribution in [2.45, 2.75) is 57.6 Å². The molecule has 5 heteroatoms. The van der Waals surface area contributed by atoms with E-state index >= 15 is 0 Å². The van der Waals surface area contributed by atoms with Gasteiger partial charge in [0.15, 0.2) is 0 Å². The molecule has 0 spiro atoms. The Hall–Kier alpha value is -1.10. The highest BCUT2D eigenvalue weighted by Crippen LogP contribution is 2.39. The van der Waals surface area contributed by atoms with Gasteiger partial charge in [-0.1, -0.05) is 26.2 Å². The number of aliphatic hydroxyl groups is 1. The fourth-order valence-electron chi connectivity index (χ4n) is 3.17. The van der Waals surface area contributed by atoms with E-state index in [1.807, 2.05) is 6.92 Å². The molecular formula is C13H21NO4. The Kier molecular flexibility index (Phi) is 3.61. The van der Waals surface area contributed by atoms with E-state index in [1.165, 1.54) is 4.90 Å². The summed E-state index contributed by atoms with van der Waals surface area (Å²) in [6.07, 6.45) is 4.29. The summed E-state index contributed by atoms with van der Waals surface area (Å²) in [4.78, 5) is 25.1. The normalized spacial score (nSPS) is 31.3. The van der Waals surface area contributed by atoms with Gasteiger partial charge in [0.05, 0.1) is 6.10 Å². The number of aliphatic carboxylic acids is 1. The number of carbonyl (C=O) groups excluding carboxylic acids is 1. The van der Waals surface area contributed by atoms with Crippen LogP contribution in [-0.2, 0) is 9.59 Å². The zero-order valence-electron chi connectivity index (χ0n) is 10.8. The molecule has 18 heavy (non-hydrogen) atoms. The van der Waals surface area contributed by atoms with Gasteiger partial charge >= 0.3 is 5.97 Å². The third-order valence-corrected chi connectivity index (χ3v) is 4.30. The van der Waals surface area contributed by atoms with Crippen LogP contribution >= 0.6 is 0 Å². The molecular weight excluding hydrogens is 234 g/mol. The number of hydrogen-bond acceptors (Lipinski definition) is 3. The Morgan fingerprint density at radius 1 is 1.22 bits per heavy atom. The molecule has 1 aliphatic heterocycles. The van der Waals surface area contributed by atoms with Crippen molar-refractivity contribution < 1.29 is 19.8 Å². The van der Waals surface area contributed by atoms with Crippen LogP contribution in [0.25, 0.3) is 0 Å². The summed E-state index contributed by atoms with van der Waals surface area (Å²) < 4.78 is 0. The second-order valence-corrected chi connectivity index (χ2v) is 5.82. The summed E-state index contributed by atoms with van der Waals surface area (Å²) >= 11 is 0. The van der Waals surface area contributed by atoms with Gasteiger partial charge in [-0.25, -0.2) is 4.79 Å². The number of β-amino-alcohol motifs (C(OH)–C–C–N with tert-alkyl or cyclic N) is 1. The van der Waals surface area contributed by atoms with Crippen LogP contribution in [0, 0.1) is 5.41 Å². The van der Waals surface area contributed by atoms with Crippen molar-refractivity contribution in [3.63, 3.8) is 0 Å². The van der Waals surface area contributed by atoms with Crippen molar-refractivity contribution in [3.05, 3.63) is 0 Å². The van der Waals surface area contributed by atoms with E-state index in [4.69, 9.17) is 5.11 Å². The van der Waals surface area contributed by atoms with Gasteiger partial charge < -0.3 is 15.1 Å². The summed E-state index contributed by atoms with van der Waals surface area (Å²) in [7, 11) is 0. The summed E-state index contributed by atoms with van der Waals surface area (Å²) in [6, 6.07) is -0.855. The minimum atomic E-state index is -1.01. The Labute approximate surface area is 107 Å². The van der Waals surface area contributed by atoms with E-state index in [1.54, 1.807) is 0 Å². The number of rotatable bonds is 2. The van der Waals surface area contributed by atoms with Gasteiger partial charge in [0.2, 0.25) is 5.91 Å². The van der Waals surface area contributed by atoms with Gasteiger partial charge in [0.1, 0.15) is 6.04 Å². The number of amides is 1. The van der Waals surface area contributed by atoms with Crippen LogP contribution in [0.3, 0.4) is 0 Å². The molecule has 102 valence electrons. The van der Waals surface area contributed by atoms with Gasteiger partial charge in [-0.2, -0.15) is 0 Å². The van der Waals surface area contributed by atoms with Crippen molar-refractivity contribution >= 4 is 11.9 Å². The second-order valence-electron chi connectivity index (χ2n) is 5.82. The summed E-state index contributed by atoms with van der Waals surface area (Å²) in [5.74, 6) is -1.11. The number of likely N-dealkylation sites (tertiary alicyclic amines) is 1. The molecule has 0 aromatic rings. The highest BCUT2D eigenvalue weighted by molar-refractivity contribution is 5.88. The van der Waals surface area contributed by atoms with Gasteiger partial charge in [-0.05, 0) is 12.8 Å². The van der Waals surface area contributed by atoms with E-state index < -0.39 is 23.5 Å². The molecule has 0 radical (unpaired) electrons. The Morgan fingerprint density at radius 2 is 1.83 bits per heavy atom. The monoisotopic (exact) mass is 255 g/mol. The van der Waals surface area contributed by atoms with Gasteiger partial charge in [0.25, 0.3) is 0 Å². The molecule has 1 amide bonds. The fourth-order valence-corrected chi connectivity index (χ4v) is 3.17. The predicted molar refractivity (Wildman–Crippen MR) is 65.0 cm³/mol. The van der Waals surface area contributed by atoms with Crippen LogP contribution < -0.4 is 0 Å². The number of carbonyl (C=O) groups is 2. The molecule has 0 unspecified atom stereocenters. The maximum absolute atomic E-state index is 12.5. The SMILES string of the molecule is CC1(C(=O)N2C[C@@H](O)C[C@H]2C(=O)O)CCCCC1. The zero-order valence-corrected chi connectivity index (χ0v) is 10.8. The molecule has 1 saturated carbocycles. The maximum atomic E-state index is 12.5. The zero-order chi connectivity index (χ0) is 13.3. The topological polar surface area (TPSA) is 77.8 Å². The number of hydrogen-bond donors (Lipinski definition) is 2. The summed E-state index contributed by atoms with van der Waals surface area (Å²) in [5, 5.41) is 18.7. The number of carboxylic acids is 1. The van der Waals surface area contributed by atoms with Crippen molar-refractivity contribution in [1.29, 1.82) is 0 Å². The van der Waals surface area contributed by atoms with Gasteiger partial charge in [-0.3, -0.25) is 4.79 Å². The molecule has 1 saturated heterocycles. The van der Waals surface area contributed by atoms with Crippen molar-refractivity contribution in [1.82, 2.24) is 4.90 Å². The molecule has 2 rings (SSSR count). The quantitative estimate of drug-likeness (QED) is 0.771. The highest BCUT2D eigenvalue weighted by atomic mass is 16.4. The first-order valence-corrected chi connectivity index (χ1v) is 6.66. The van der Waals surface area contributed by atoms with Crippen LogP contribution in [0.1, 0.15) is 45.4 Å². The minimum Gasteiger partial charge on any atom is -0.480 e. The van der Waals surface area contributed by atoms with Crippen molar-refractivity contribution in [3.8, 4) is 0 Å². The molecule has 2 atom stereocenters. The lowest BCUT2D eigenvalue weighted by atomic mass is 9.74. The molecule has 5 nitrogen and oxygen atoms in total. The Balaban J connectivity index is 2.14. The fraction of sp³-hybridized carbons (Fsp3) is 0.846. The lowest BCUT2D eigenvalue weighted by molar-refractivity contribution is -0.153. The van der Waals surface area contributed by atoms with Crippen LogP contribution in [0.15, 0.2) is 0 Å². The van der Waals surface area contributed by atoms with E-state index in [9.17, 15) is 14.7 Å². The third kappa shape index (κ3) is 2.36. The average molecular weight is 255 g/mol. The molecule has 1 heterocycles. The summed E-state index contributed by atoms with van der Waals surface area (Å²) in [5.41, 5.74) is -0.435.